The van der Waals surface area contributed by atoms with Crippen molar-refractivity contribution in [3.63, 3.8) is 0 Å². The topological polar surface area (TPSA) is 63.7 Å². The van der Waals surface area contributed by atoms with E-state index in [1.807, 2.05) is 17.5 Å². The van der Waals surface area contributed by atoms with Crippen molar-refractivity contribution in [2.24, 2.45) is 0 Å². The van der Waals surface area contributed by atoms with Crippen molar-refractivity contribution < 1.29 is 14.3 Å². The summed E-state index contributed by atoms with van der Waals surface area (Å²) in [5.74, 6) is 2.96. The zero-order valence-electron chi connectivity index (χ0n) is 13.0. The Balaban J connectivity index is 1.66. The number of morpholine rings is 1. The van der Waals surface area contributed by atoms with Crippen LogP contribution in [0.25, 0.3) is 0 Å². The summed E-state index contributed by atoms with van der Waals surface area (Å²) in [4.78, 5) is 18.5. The zero-order valence-corrected chi connectivity index (χ0v) is 13.8. The first kappa shape index (κ1) is 16.3. The number of hydrogen-bond donors (Lipinski definition) is 1. The van der Waals surface area contributed by atoms with Crippen LogP contribution in [0.4, 0.5) is 10.5 Å². The van der Waals surface area contributed by atoms with Gasteiger partial charge in [0, 0.05) is 18.1 Å². The lowest BCUT2D eigenvalue weighted by molar-refractivity contribution is -0.0136. The maximum absolute atomic E-state index is 12.6. The van der Waals surface area contributed by atoms with Crippen molar-refractivity contribution in [3.05, 3.63) is 40.8 Å². The molecule has 2 amide bonds. The minimum absolute atomic E-state index is 0.149. The van der Waals surface area contributed by atoms with Crippen LogP contribution in [0, 0.1) is 12.3 Å². The molecule has 7 heteroatoms. The van der Waals surface area contributed by atoms with Crippen molar-refractivity contribution >= 4 is 23.1 Å². The SMILES string of the molecule is C#CCOc1ccccc1NC(=O)N1CCOC(c2nccs2)C1. The lowest BCUT2D eigenvalue weighted by Gasteiger charge is -2.32. The number of nitrogens with zero attached hydrogens (tertiary/aromatic N) is 2. The van der Waals surface area contributed by atoms with Crippen LogP contribution in [0.15, 0.2) is 35.8 Å². The number of urea groups is 1. The lowest BCUT2D eigenvalue weighted by atomic mass is 10.2. The van der Waals surface area contributed by atoms with Gasteiger partial charge in [-0.15, -0.1) is 17.8 Å². The van der Waals surface area contributed by atoms with Gasteiger partial charge >= 0.3 is 6.03 Å². The molecule has 1 fully saturated rings. The van der Waals surface area contributed by atoms with Crippen molar-refractivity contribution in [3.8, 4) is 18.1 Å². The number of para-hydroxylation sites is 2. The minimum Gasteiger partial charge on any atom is -0.479 e. The van der Waals surface area contributed by atoms with Crippen LogP contribution in [0.1, 0.15) is 11.1 Å². The van der Waals surface area contributed by atoms with E-state index in [9.17, 15) is 4.79 Å². The standard InChI is InChI=1S/C17H17N3O3S/c1-2-9-22-14-6-4-3-5-13(14)19-17(21)20-8-10-23-15(12-20)16-18-7-11-24-16/h1,3-7,11,15H,8-10,12H2,(H,19,21). The van der Waals surface area contributed by atoms with Gasteiger partial charge in [0.15, 0.2) is 0 Å². The molecule has 124 valence electrons. The monoisotopic (exact) mass is 343 g/mol. The second-order valence-corrected chi connectivity index (χ2v) is 6.02. The predicted molar refractivity (Wildman–Crippen MR) is 92.2 cm³/mol. The van der Waals surface area contributed by atoms with E-state index in [0.717, 1.165) is 5.01 Å². The first-order valence-corrected chi connectivity index (χ1v) is 8.38. The highest BCUT2D eigenvalue weighted by atomic mass is 32.1. The molecule has 6 nitrogen and oxygen atoms in total. The molecule has 1 unspecified atom stereocenters. The fourth-order valence-electron chi connectivity index (χ4n) is 2.39. The molecule has 1 aliphatic heterocycles. The summed E-state index contributed by atoms with van der Waals surface area (Å²) < 4.78 is 11.2. The second kappa shape index (κ2) is 7.81. The Bertz CT molecular complexity index is 727. The van der Waals surface area contributed by atoms with Crippen LogP contribution < -0.4 is 10.1 Å². The van der Waals surface area contributed by atoms with Gasteiger partial charge in [0.05, 0.1) is 18.8 Å². The summed E-state index contributed by atoms with van der Waals surface area (Å²) in [6, 6.07) is 7.01. The first-order valence-electron chi connectivity index (χ1n) is 7.50. The van der Waals surface area contributed by atoms with E-state index in [1.165, 1.54) is 11.3 Å². The van der Waals surface area contributed by atoms with Gasteiger partial charge in [-0.1, -0.05) is 18.1 Å². The number of amides is 2. The fraction of sp³-hybridized carbons (Fsp3) is 0.294. The molecule has 1 saturated heterocycles. The molecule has 0 bridgehead atoms. The number of hydrogen-bond acceptors (Lipinski definition) is 5. The molecule has 2 heterocycles. The number of terminal acetylenes is 1. The third kappa shape index (κ3) is 3.85. The third-order valence-corrected chi connectivity index (χ3v) is 4.39. The van der Waals surface area contributed by atoms with E-state index in [2.05, 4.69) is 16.2 Å². The molecule has 0 saturated carbocycles. The number of ether oxygens (including phenoxy) is 2. The predicted octanol–water partition coefficient (Wildman–Crippen LogP) is 2.76. The molecular formula is C17H17N3O3S. The van der Waals surface area contributed by atoms with Crippen LogP contribution in [-0.2, 0) is 4.74 Å². The van der Waals surface area contributed by atoms with Crippen molar-refractivity contribution in [1.29, 1.82) is 0 Å². The Morgan fingerprint density at radius 1 is 1.54 bits per heavy atom. The highest BCUT2D eigenvalue weighted by molar-refractivity contribution is 7.09. The number of rotatable bonds is 4. The van der Waals surface area contributed by atoms with Gasteiger partial charge in [0.25, 0.3) is 0 Å². The van der Waals surface area contributed by atoms with E-state index in [1.54, 1.807) is 23.2 Å². The van der Waals surface area contributed by atoms with Gasteiger partial charge in [-0.25, -0.2) is 9.78 Å². The summed E-state index contributed by atoms with van der Waals surface area (Å²) in [6.45, 7) is 1.62. The van der Waals surface area contributed by atoms with Gasteiger partial charge in [0.2, 0.25) is 0 Å². The van der Waals surface area contributed by atoms with Gasteiger partial charge in [-0.05, 0) is 12.1 Å². The largest absolute Gasteiger partial charge is 0.479 e. The Kier molecular flexibility index (Phi) is 5.31. The van der Waals surface area contributed by atoms with Crippen LogP contribution in [0.3, 0.4) is 0 Å². The average Bonchev–Trinajstić information content (AvgIpc) is 3.16. The zero-order chi connectivity index (χ0) is 16.8. The number of anilines is 1. The molecule has 1 N–H and O–H groups in total. The minimum atomic E-state index is -0.198. The normalized spacial score (nSPS) is 17.1. The highest BCUT2D eigenvalue weighted by Gasteiger charge is 2.27. The van der Waals surface area contributed by atoms with Gasteiger partial charge in [-0.3, -0.25) is 0 Å². The quantitative estimate of drug-likeness (QED) is 0.867. The van der Waals surface area contributed by atoms with Gasteiger partial charge in [-0.2, -0.15) is 0 Å². The molecule has 3 rings (SSSR count). The molecule has 1 atom stereocenters. The molecular weight excluding hydrogens is 326 g/mol. The maximum atomic E-state index is 12.6. The Hall–Kier alpha value is -2.56. The van der Waals surface area contributed by atoms with E-state index in [0.29, 0.717) is 31.1 Å². The van der Waals surface area contributed by atoms with E-state index in [4.69, 9.17) is 15.9 Å². The molecule has 24 heavy (non-hydrogen) atoms. The van der Waals surface area contributed by atoms with Crippen LogP contribution in [0.2, 0.25) is 0 Å². The Morgan fingerprint density at radius 2 is 2.42 bits per heavy atom. The van der Waals surface area contributed by atoms with E-state index < -0.39 is 0 Å². The summed E-state index contributed by atoms with van der Waals surface area (Å²) in [5.41, 5.74) is 0.593. The number of benzene rings is 1. The van der Waals surface area contributed by atoms with E-state index >= 15 is 0 Å². The Labute approximate surface area is 144 Å². The molecule has 2 aromatic rings. The van der Waals surface area contributed by atoms with Crippen LogP contribution in [0.5, 0.6) is 5.75 Å². The lowest BCUT2D eigenvalue weighted by Crippen LogP contribution is -2.44. The number of thiazole rings is 1. The Morgan fingerprint density at radius 3 is 3.21 bits per heavy atom. The third-order valence-electron chi connectivity index (χ3n) is 3.52. The second-order valence-electron chi connectivity index (χ2n) is 5.09. The summed E-state index contributed by atoms with van der Waals surface area (Å²) >= 11 is 1.53. The number of carbonyl (C=O) groups excluding carboxylic acids is 1. The summed E-state index contributed by atoms with van der Waals surface area (Å²) in [5, 5.41) is 5.66. The molecule has 0 aliphatic carbocycles. The van der Waals surface area contributed by atoms with Gasteiger partial charge in [0.1, 0.15) is 23.5 Å². The average molecular weight is 343 g/mol. The summed E-state index contributed by atoms with van der Waals surface area (Å²) in [7, 11) is 0. The molecule has 1 aromatic heterocycles. The number of carbonyl (C=O) groups is 1. The molecule has 0 radical (unpaired) electrons. The first-order chi connectivity index (χ1) is 11.8. The van der Waals surface area contributed by atoms with Crippen LogP contribution >= 0.6 is 11.3 Å². The van der Waals surface area contributed by atoms with Crippen LogP contribution in [-0.4, -0.2) is 42.2 Å². The molecule has 1 aromatic carbocycles. The number of nitrogens with one attached hydrogen (secondary N) is 1. The molecule has 1 aliphatic rings. The van der Waals surface area contributed by atoms with Crippen molar-refractivity contribution in [1.82, 2.24) is 9.88 Å². The molecule has 0 spiro atoms. The summed E-state index contributed by atoms with van der Waals surface area (Å²) in [6.07, 6.45) is 6.77. The van der Waals surface area contributed by atoms with E-state index in [-0.39, 0.29) is 18.7 Å². The smallest absolute Gasteiger partial charge is 0.322 e. The van der Waals surface area contributed by atoms with Crippen molar-refractivity contribution in [2.45, 2.75) is 6.10 Å². The van der Waals surface area contributed by atoms with Crippen molar-refractivity contribution in [2.75, 3.05) is 31.6 Å². The number of aromatic nitrogens is 1. The highest BCUT2D eigenvalue weighted by Crippen LogP contribution is 2.26. The van der Waals surface area contributed by atoms with Gasteiger partial charge < -0.3 is 19.7 Å². The maximum Gasteiger partial charge on any atom is 0.322 e. The fourth-order valence-corrected chi connectivity index (χ4v) is 3.06.